The summed E-state index contributed by atoms with van der Waals surface area (Å²) in [5.41, 5.74) is -0.619. The lowest BCUT2D eigenvalue weighted by molar-refractivity contribution is 0.0696. The van der Waals surface area contributed by atoms with Crippen LogP contribution < -0.4 is 5.32 Å². The Hall–Kier alpha value is -1.30. The van der Waals surface area contributed by atoms with Crippen LogP contribution in [0.25, 0.3) is 0 Å². The Morgan fingerprint density at radius 1 is 1.29 bits per heavy atom. The lowest BCUT2D eigenvalue weighted by atomic mass is 9.88. The second kappa shape index (κ2) is 6.64. The van der Waals surface area contributed by atoms with Crippen molar-refractivity contribution < 1.29 is 18.7 Å². The molecule has 0 saturated heterocycles. The van der Waals surface area contributed by atoms with E-state index in [-0.39, 0.29) is 16.0 Å². The molecule has 0 radical (unpaired) electrons. The number of thioether (sulfide) groups is 1. The van der Waals surface area contributed by atoms with Gasteiger partial charge in [0, 0.05) is 11.3 Å². The molecule has 0 aromatic heterocycles. The predicted octanol–water partition coefficient (Wildman–Crippen LogP) is 4.14. The van der Waals surface area contributed by atoms with Crippen LogP contribution >= 0.6 is 11.8 Å². The Morgan fingerprint density at radius 2 is 1.86 bits per heavy atom. The van der Waals surface area contributed by atoms with Gasteiger partial charge in [0.1, 0.15) is 17.3 Å². The highest BCUT2D eigenvalue weighted by Crippen LogP contribution is 2.39. The maximum atomic E-state index is 13.9. The van der Waals surface area contributed by atoms with Gasteiger partial charge in [0.25, 0.3) is 0 Å². The average Bonchev–Trinajstić information content (AvgIpc) is 2.47. The van der Waals surface area contributed by atoms with Crippen LogP contribution in [0.1, 0.15) is 42.5 Å². The van der Waals surface area contributed by atoms with Crippen molar-refractivity contribution in [1.29, 1.82) is 0 Å². The fourth-order valence-electron chi connectivity index (χ4n) is 2.76. The maximum Gasteiger partial charge on any atom is 0.335 e. The molecule has 1 saturated carbocycles. The van der Waals surface area contributed by atoms with Crippen molar-refractivity contribution in [2.24, 2.45) is 0 Å². The first-order valence-corrected chi connectivity index (χ1v) is 8.21. The molecule has 0 spiro atoms. The standard InChI is InChI=1S/C15H19F2NO2S/c1-21-15(5-3-2-4-6-15)9-18-13-11(16)7-10(14(19)20)8-12(13)17/h7-8,18H,2-6,9H2,1H3,(H,19,20). The van der Waals surface area contributed by atoms with Gasteiger partial charge in [-0.05, 0) is 31.2 Å². The number of nitrogens with one attached hydrogen (secondary N) is 1. The number of carboxylic acid groups (broad SMARTS) is 1. The van der Waals surface area contributed by atoms with Crippen molar-refractivity contribution in [2.45, 2.75) is 36.9 Å². The molecular weight excluding hydrogens is 296 g/mol. The normalized spacial score (nSPS) is 17.5. The third-order valence-electron chi connectivity index (χ3n) is 4.07. The van der Waals surface area contributed by atoms with Crippen molar-refractivity contribution in [3.63, 3.8) is 0 Å². The van der Waals surface area contributed by atoms with E-state index in [1.54, 1.807) is 11.8 Å². The summed E-state index contributed by atoms with van der Waals surface area (Å²) in [5.74, 6) is -3.06. The first kappa shape index (κ1) is 16.1. The van der Waals surface area contributed by atoms with E-state index in [1.807, 2.05) is 6.26 Å². The smallest absolute Gasteiger partial charge is 0.335 e. The molecule has 1 aliphatic rings. The Balaban J connectivity index is 2.14. The minimum absolute atomic E-state index is 0.00258. The van der Waals surface area contributed by atoms with Crippen LogP contribution in [0.2, 0.25) is 0 Å². The number of anilines is 1. The minimum atomic E-state index is -1.34. The number of aromatic carboxylic acids is 1. The molecular formula is C15H19F2NO2S. The van der Waals surface area contributed by atoms with Gasteiger partial charge in [-0.15, -0.1) is 0 Å². The van der Waals surface area contributed by atoms with Crippen molar-refractivity contribution in [3.8, 4) is 0 Å². The largest absolute Gasteiger partial charge is 0.478 e. The summed E-state index contributed by atoms with van der Waals surface area (Å²) in [4.78, 5) is 10.8. The fourth-order valence-corrected chi connectivity index (χ4v) is 3.68. The molecule has 0 unspecified atom stereocenters. The Labute approximate surface area is 127 Å². The van der Waals surface area contributed by atoms with Crippen molar-refractivity contribution in [3.05, 3.63) is 29.3 Å². The number of hydrogen-bond donors (Lipinski definition) is 2. The van der Waals surface area contributed by atoms with Crippen LogP contribution in [0.4, 0.5) is 14.5 Å². The monoisotopic (exact) mass is 315 g/mol. The quantitative estimate of drug-likeness (QED) is 0.857. The van der Waals surface area contributed by atoms with E-state index in [9.17, 15) is 13.6 Å². The second-order valence-electron chi connectivity index (χ2n) is 5.42. The van der Waals surface area contributed by atoms with Gasteiger partial charge in [-0.1, -0.05) is 19.3 Å². The second-order valence-corrected chi connectivity index (χ2v) is 6.70. The zero-order valence-corrected chi connectivity index (χ0v) is 12.7. The van der Waals surface area contributed by atoms with Crippen LogP contribution in [0.3, 0.4) is 0 Å². The summed E-state index contributed by atoms with van der Waals surface area (Å²) in [7, 11) is 0. The van der Waals surface area contributed by atoms with Crippen molar-refractivity contribution in [2.75, 3.05) is 18.1 Å². The Bertz CT molecular complexity index is 507. The molecule has 0 atom stereocenters. The van der Waals surface area contributed by atoms with E-state index < -0.39 is 17.6 Å². The SMILES string of the molecule is CSC1(CNc2c(F)cc(C(=O)O)cc2F)CCCCC1. The Kier molecular flexibility index (Phi) is 5.08. The topological polar surface area (TPSA) is 49.3 Å². The Morgan fingerprint density at radius 3 is 2.33 bits per heavy atom. The van der Waals surface area contributed by atoms with E-state index >= 15 is 0 Å². The third-order valence-corrected chi connectivity index (χ3v) is 5.49. The van der Waals surface area contributed by atoms with Crippen LogP contribution in [-0.2, 0) is 0 Å². The molecule has 0 amide bonds. The van der Waals surface area contributed by atoms with E-state index in [0.717, 1.165) is 37.8 Å². The highest BCUT2D eigenvalue weighted by atomic mass is 32.2. The zero-order valence-electron chi connectivity index (χ0n) is 11.9. The molecule has 0 aliphatic heterocycles. The summed E-state index contributed by atoms with van der Waals surface area (Å²) < 4.78 is 27.8. The van der Waals surface area contributed by atoms with Crippen LogP contribution in [-0.4, -0.2) is 28.6 Å². The fraction of sp³-hybridized carbons (Fsp3) is 0.533. The maximum absolute atomic E-state index is 13.9. The van der Waals surface area contributed by atoms with E-state index in [1.165, 1.54) is 6.42 Å². The van der Waals surface area contributed by atoms with Gasteiger partial charge < -0.3 is 10.4 Å². The predicted molar refractivity (Wildman–Crippen MR) is 81.1 cm³/mol. The number of halogens is 2. The third kappa shape index (κ3) is 3.67. The molecule has 6 heteroatoms. The summed E-state index contributed by atoms with van der Waals surface area (Å²) in [5, 5.41) is 11.6. The molecule has 0 heterocycles. The van der Waals surface area contributed by atoms with Gasteiger partial charge in [-0.25, -0.2) is 13.6 Å². The van der Waals surface area contributed by atoms with Crippen LogP contribution in [0, 0.1) is 11.6 Å². The first-order valence-electron chi connectivity index (χ1n) is 6.99. The zero-order chi connectivity index (χ0) is 15.5. The molecule has 1 aliphatic carbocycles. The van der Waals surface area contributed by atoms with Gasteiger partial charge >= 0.3 is 5.97 Å². The molecule has 2 rings (SSSR count). The summed E-state index contributed by atoms with van der Waals surface area (Å²) in [6, 6.07) is 1.70. The highest BCUT2D eigenvalue weighted by Gasteiger charge is 2.31. The van der Waals surface area contributed by atoms with Gasteiger partial charge in [0.05, 0.1) is 5.56 Å². The molecule has 1 aromatic carbocycles. The molecule has 1 fully saturated rings. The number of hydrogen-bond acceptors (Lipinski definition) is 3. The number of carboxylic acids is 1. The van der Waals surface area contributed by atoms with Crippen LogP contribution in [0.15, 0.2) is 12.1 Å². The van der Waals surface area contributed by atoms with Gasteiger partial charge in [0.15, 0.2) is 0 Å². The molecule has 0 bridgehead atoms. The van der Waals surface area contributed by atoms with Crippen molar-refractivity contribution in [1.82, 2.24) is 0 Å². The van der Waals surface area contributed by atoms with Gasteiger partial charge in [0.2, 0.25) is 0 Å². The number of rotatable bonds is 5. The number of benzene rings is 1. The molecule has 2 N–H and O–H groups in total. The lowest BCUT2D eigenvalue weighted by Gasteiger charge is -2.36. The highest BCUT2D eigenvalue weighted by molar-refractivity contribution is 8.00. The molecule has 116 valence electrons. The summed E-state index contributed by atoms with van der Waals surface area (Å²) >= 11 is 1.73. The number of carbonyl (C=O) groups is 1. The van der Waals surface area contributed by atoms with Gasteiger partial charge in [-0.2, -0.15) is 11.8 Å². The van der Waals surface area contributed by atoms with Crippen molar-refractivity contribution >= 4 is 23.4 Å². The lowest BCUT2D eigenvalue weighted by Crippen LogP contribution is -2.36. The molecule has 21 heavy (non-hydrogen) atoms. The molecule has 3 nitrogen and oxygen atoms in total. The van der Waals surface area contributed by atoms with E-state index in [4.69, 9.17) is 5.11 Å². The molecule has 1 aromatic rings. The van der Waals surface area contributed by atoms with Crippen LogP contribution in [0.5, 0.6) is 0 Å². The minimum Gasteiger partial charge on any atom is -0.478 e. The van der Waals surface area contributed by atoms with E-state index in [2.05, 4.69) is 5.32 Å². The van der Waals surface area contributed by atoms with Gasteiger partial charge in [-0.3, -0.25) is 0 Å². The summed E-state index contributed by atoms with van der Waals surface area (Å²) in [6.07, 6.45) is 7.54. The first-order chi connectivity index (χ1) is 9.97. The van der Waals surface area contributed by atoms with E-state index in [0.29, 0.717) is 6.54 Å². The summed E-state index contributed by atoms with van der Waals surface area (Å²) in [6.45, 7) is 0.481. The average molecular weight is 315 g/mol.